The molecule has 0 aliphatic carbocycles. The summed E-state index contributed by atoms with van der Waals surface area (Å²) >= 11 is 0. The molecule has 0 atom stereocenters. The van der Waals surface area contributed by atoms with E-state index in [9.17, 15) is 13.0 Å². The van der Waals surface area contributed by atoms with E-state index < -0.39 is 10.1 Å². The second-order valence-electron chi connectivity index (χ2n) is 9.70. The van der Waals surface area contributed by atoms with Crippen molar-refractivity contribution in [3.8, 4) is 0 Å². The van der Waals surface area contributed by atoms with E-state index in [4.69, 9.17) is 0 Å². The minimum absolute atomic E-state index is 0.140. The molecule has 0 aliphatic rings. The first kappa shape index (κ1) is 31.3. The molecule has 4 nitrogen and oxygen atoms in total. The van der Waals surface area contributed by atoms with Gasteiger partial charge >= 0.3 is 0 Å². The number of pyridine rings is 1. The van der Waals surface area contributed by atoms with Crippen LogP contribution in [0.5, 0.6) is 0 Å². The molecule has 1 heterocycles. The number of unbranched alkanes of at least 4 members (excludes halogenated alkanes) is 12. The number of hydrogen-bond acceptors (Lipinski definition) is 3. The maximum absolute atomic E-state index is 10.8. The summed E-state index contributed by atoms with van der Waals surface area (Å²) in [7, 11) is -4.31. The van der Waals surface area contributed by atoms with Gasteiger partial charge in [0.05, 0.1) is 4.90 Å². The Morgan fingerprint density at radius 2 is 1.11 bits per heavy atom. The number of benzene rings is 1. The highest BCUT2D eigenvalue weighted by Crippen LogP contribution is 2.14. The Balaban J connectivity index is 0.000000400. The van der Waals surface area contributed by atoms with Crippen molar-refractivity contribution in [2.75, 3.05) is 0 Å². The van der Waals surface area contributed by atoms with E-state index in [1.807, 2.05) is 0 Å². The summed E-state index contributed by atoms with van der Waals surface area (Å²) in [6.07, 6.45) is 23.7. The quantitative estimate of drug-likeness (QED) is 0.125. The maximum Gasteiger partial charge on any atom is 0.169 e. The zero-order chi connectivity index (χ0) is 25.8. The van der Waals surface area contributed by atoms with Gasteiger partial charge in [-0.15, -0.1) is 0 Å². The lowest BCUT2D eigenvalue weighted by atomic mass is 10.0. The van der Waals surface area contributed by atoms with Gasteiger partial charge in [-0.1, -0.05) is 96.6 Å². The number of aryl methyl sites for hydroxylation is 3. The molecular weight excluding hydrogens is 454 g/mol. The highest BCUT2D eigenvalue weighted by atomic mass is 32.2. The van der Waals surface area contributed by atoms with Crippen molar-refractivity contribution < 1.29 is 17.5 Å². The zero-order valence-corrected chi connectivity index (χ0v) is 23.3. The minimum atomic E-state index is -4.31. The molecule has 5 heteroatoms. The largest absolute Gasteiger partial charge is 0.744 e. The van der Waals surface area contributed by atoms with Crippen molar-refractivity contribution >= 4 is 10.1 Å². The molecule has 0 bridgehead atoms. The second-order valence-corrected chi connectivity index (χ2v) is 11.1. The van der Waals surface area contributed by atoms with Crippen LogP contribution in [-0.4, -0.2) is 13.0 Å². The minimum Gasteiger partial charge on any atom is -0.744 e. The molecule has 1 aromatic carbocycles. The molecule has 2 rings (SSSR count). The number of aromatic nitrogens is 1. The molecular formula is C30H49NO3S. The molecule has 198 valence electrons. The molecule has 0 spiro atoms. The topological polar surface area (TPSA) is 61.1 Å². The summed E-state index contributed by atoms with van der Waals surface area (Å²) in [6.45, 7) is 7.79. The summed E-state index contributed by atoms with van der Waals surface area (Å²) in [4.78, 5) is -0.140. The van der Waals surface area contributed by atoms with Crippen LogP contribution in [0.2, 0.25) is 0 Å². The molecule has 2 aromatic rings. The van der Waals surface area contributed by atoms with Gasteiger partial charge in [0.15, 0.2) is 12.4 Å². The number of rotatable bonds is 17. The van der Waals surface area contributed by atoms with Crippen LogP contribution in [0.1, 0.15) is 115 Å². The highest BCUT2D eigenvalue weighted by molar-refractivity contribution is 7.85. The van der Waals surface area contributed by atoms with Crippen LogP contribution in [0.25, 0.3) is 0 Å². The van der Waals surface area contributed by atoms with E-state index in [1.54, 1.807) is 12.1 Å². The number of hydrogen-bond donors (Lipinski definition) is 0. The third-order valence-electron chi connectivity index (χ3n) is 6.36. The molecule has 0 saturated carbocycles. The fraction of sp³-hybridized carbons (Fsp3) is 0.633. The monoisotopic (exact) mass is 503 g/mol. The van der Waals surface area contributed by atoms with Gasteiger partial charge in [0, 0.05) is 18.6 Å². The Labute approximate surface area is 215 Å². The second kappa shape index (κ2) is 19.5. The van der Waals surface area contributed by atoms with Crippen LogP contribution in [0.4, 0.5) is 0 Å². The third-order valence-corrected chi connectivity index (χ3v) is 7.21. The molecule has 35 heavy (non-hydrogen) atoms. The molecule has 0 amide bonds. The zero-order valence-electron chi connectivity index (χ0n) is 22.5. The van der Waals surface area contributed by atoms with Crippen LogP contribution in [0.3, 0.4) is 0 Å². The fourth-order valence-electron chi connectivity index (χ4n) is 4.04. The van der Waals surface area contributed by atoms with Gasteiger partial charge in [-0.25, -0.2) is 13.0 Å². The normalized spacial score (nSPS) is 11.2. The van der Waals surface area contributed by atoms with Crippen molar-refractivity contribution in [3.05, 3.63) is 59.9 Å². The fourth-order valence-corrected chi connectivity index (χ4v) is 4.51. The van der Waals surface area contributed by atoms with Crippen molar-refractivity contribution in [3.63, 3.8) is 0 Å². The van der Waals surface area contributed by atoms with Crippen LogP contribution < -0.4 is 4.57 Å². The van der Waals surface area contributed by atoms with Gasteiger partial charge in [0.2, 0.25) is 0 Å². The van der Waals surface area contributed by atoms with Gasteiger partial charge in [0.25, 0.3) is 0 Å². The summed E-state index contributed by atoms with van der Waals surface area (Å²) in [6, 6.07) is 10.7. The Morgan fingerprint density at radius 3 is 1.60 bits per heavy atom. The van der Waals surface area contributed by atoms with Gasteiger partial charge < -0.3 is 4.55 Å². The van der Waals surface area contributed by atoms with Crippen LogP contribution in [0, 0.1) is 6.92 Å². The van der Waals surface area contributed by atoms with Crippen molar-refractivity contribution in [2.45, 2.75) is 129 Å². The molecule has 1 aromatic heterocycles. The Hall–Kier alpha value is -1.72. The van der Waals surface area contributed by atoms with Gasteiger partial charge in [-0.3, -0.25) is 0 Å². The first-order valence-corrected chi connectivity index (χ1v) is 15.3. The molecule has 0 fully saturated rings. The molecule has 0 aliphatic heterocycles. The summed E-state index contributed by atoms with van der Waals surface area (Å²) in [5.74, 6) is 0. The van der Waals surface area contributed by atoms with Crippen LogP contribution >= 0.6 is 0 Å². The lowest BCUT2D eigenvalue weighted by molar-refractivity contribution is -0.697. The smallest absolute Gasteiger partial charge is 0.169 e. The van der Waals surface area contributed by atoms with Crippen molar-refractivity contribution in [2.24, 2.45) is 0 Å². The average molecular weight is 504 g/mol. The van der Waals surface area contributed by atoms with E-state index in [1.165, 1.54) is 108 Å². The number of nitrogens with zero attached hydrogens (tertiary/aromatic N) is 1. The lowest BCUT2D eigenvalue weighted by Gasteiger charge is -2.08. The SMILES string of the molecule is CCCCCCCCCCCCc1ccc(S(=O)(=O)[O-])cc1.CCCCCC[n+]1ccc(C)cc1. The lowest BCUT2D eigenvalue weighted by Crippen LogP contribution is -2.32. The van der Waals surface area contributed by atoms with Gasteiger partial charge in [0.1, 0.15) is 16.7 Å². The van der Waals surface area contributed by atoms with E-state index in [0.717, 1.165) is 18.4 Å². The van der Waals surface area contributed by atoms with Gasteiger partial charge in [-0.05, 0) is 49.4 Å². The van der Waals surface area contributed by atoms with Crippen molar-refractivity contribution in [1.29, 1.82) is 0 Å². The Morgan fingerprint density at radius 1 is 0.657 bits per heavy atom. The summed E-state index contributed by atoms with van der Waals surface area (Å²) in [5, 5.41) is 0. The maximum atomic E-state index is 10.8. The predicted octanol–water partition coefficient (Wildman–Crippen LogP) is 7.92. The van der Waals surface area contributed by atoms with E-state index in [2.05, 4.69) is 49.9 Å². The van der Waals surface area contributed by atoms with Crippen LogP contribution in [-0.2, 0) is 23.1 Å². The molecule has 0 N–H and O–H groups in total. The van der Waals surface area contributed by atoms with E-state index >= 15 is 0 Å². The molecule has 0 radical (unpaired) electrons. The highest BCUT2D eigenvalue weighted by Gasteiger charge is 2.01. The summed E-state index contributed by atoms with van der Waals surface area (Å²) in [5.41, 5.74) is 2.44. The Bertz CT molecular complexity index is 861. The standard InChI is InChI=1S/C18H30O3S.C12H20N/c1-2-3-4-5-6-7-8-9-10-11-12-17-13-15-18(16-14-17)22(19,20)21;1-3-4-5-6-9-13-10-7-12(2)8-11-13/h13-16H,2-12H2,1H3,(H,19,20,21);7-8,10-11H,3-6,9H2,1-2H3/q;+1/p-1. The van der Waals surface area contributed by atoms with Gasteiger partial charge in [-0.2, -0.15) is 0 Å². The summed E-state index contributed by atoms with van der Waals surface area (Å²) < 4.78 is 34.8. The van der Waals surface area contributed by atoms with Crippen LogP contribution in [0.15, 0.2) is 53.7 Å². The molecule has 0 unspecified atom stereocenters. The first-order valence-electron chi connectivity index (χ1n) is 13.9. The predicted molar refractivity (Wildman–Crippen MR) is 145 cm³/mol. The van der Waals surface area contributed by atoms with E-state index in [0.29, 0.717) is 0 Å². The first-order chi connectivity index (χ1) is 16.9. The Kier molecular flexibility index (Phi) is 17.4. The van der Waals surface area contributed by atoms with E-state index in [-0.39, 0.29) is 4.90 Å². The average Bonchev–Trinajstić information content (AvgIpc) is 2.84. The van der Waals surface area contributed by atoms with Crippen molar-refractivity contribution in [1.82, 2.24) is 0 Å². The molecule has 0 saturated heterocycles. The third kappa shape index (κ3) is 16.6.